The highest BCUT2D eigenvalue weighted by atomic mass is 35.5. The van der Waals surface area contributed by atoms with Gasteiger partial charge in [0.25, 0.3) is 0 Å². The number of carbonyl (C=O) groups excluding carboxylic acids is 1. The molecule has 2 rings (SSSR count). The van der Waals surface area contributed by atoms with E-state index in [1.807, 2.05) is 0 Å². The van der Waals surface area contributed by atoms with Crippen LogP contribution in [0.15, 0.2) is 12.1 Å². The zero-order valence-electron chi connectivity index (χ0n) is 10.7. The maximum absolute atomic E-state index is 13.5. The third-order valence-electron chi connectivity index (χ3n) is 3.69. The minimum absolute atomic E-state index is 0. The summed E-state index contributed by atoms with van der Waals surface area (Å²) in [4.78, 5) is 12.1. The van der Waals surface area contributed by atoms with Crippen molar-refractivity contribution in [3.8, 4) is 0 Å². The van der Waals surface area contributed by atoms with Crippen molar-refractivity contribution in [2.24, 2.45) is 11.1 Å². The average Bonchev–Trinajstić information content (AvgIpc) is 2.86. The Labute approximate surface area is 121 Å². The van der Waals surface area contributed by atoms with Crippen molar-refractivity contribution in [3.05, 3.63) is 29.6 Å². The van der Waals surface area contributed by atoms with Crippen molar-refractivity contribution in [3.63, 3.8) is 0 Å². The van der Waals surface area contributed by atoms with Gasteiger partial charge in [-0.1, -0.05) is 12.8 Å². The number of halogens is 4. The number of anilines is 1. The summed E-state index contributed by atoms with van der Waals surface area (Å²) >= 11 is 0. The van der Waals surface area contributed by atoms with Crippen LogP contribution < -0.4 is 11.1 Å². The van der Waals surface area contributed by atoms with Gasteiger partial charge in [-0.05, 0) is 12.8 Å². The van der Waals surface area contributed by atoms with Crippen molar-refractivity contribution in [2.75, 3.05) is 11.9 Å². The Balaban J connectivity index is 0.00000200. The molecule has 3 nitrogen and oxygen atoms in total. The molecule has 0 saturated heterocycles. The molecule has 7 heteroatoms. The number of benzene rings is 1. The van der Waals surface area contributed by atoms with Crippen LogP contribution in [0.5, 0.6) is 0 Å². The van der Waals surface area contributed by atoms with Crippen LogP contribution in [0.3, 0.4) is 0 Å². The van der Waals surface area contributed by atoms with Gasteiger partial charge in [-0.25, -0.2) is 13.2 Å². The predicted molar refractivity (Wildman–Crippen MR) is 72.1 cm³/mol. The van der Waals surface area contributed by atoms with Crippen LogP contribution in [0.1, 0.15) is 25.7 Å². The van der Waals surface area contributed by atoms with E-state index in [1.54, 1.807) is 0 Å². The molecule has 1 aromatic carbocycles. The first-order valence-electron chi connectivity index (χ1n) is 6.14. The summed E-state index contributed by atoms with van der Waals surface area (Å²) in [5.74, 6) is -3.93. The molecule has 1 aliphatic rings. The number of hydrogen-bond acceptors (Lipinski definition) is 2. The van der Waals surface area contributed by atoms with Crippen molar-refractivity contribution < 1.29 is 18.0 Å². The number of carbonyl (C=O) groups is 1. The molecule has 1 aliphatic carbocycles. The Morgan fingerprint density at radius 3 is 2.25 bits per heavy atom. The minimum atomic E-state index is -1.29. The molecule has 0 aromatic heterocycles. The van der Waals surface area contributed by atoms with Crippen LogP contribution >= 0.6 is 12.4 Å². The fourth-order valence-corrected chi connectivity index (χ4v) is 2.45. The monoisotopic (exact) mass is 308 g/mol. The third kappa shape index (κ3) is 3.07. The second-order valence-corrected chi connectivity index (χ2v) is 4.89. The van der Waals surface area contributed by atoms with E-state index >= 15 is 0 Å². The Hall–Kier alpha value is -1.27. The number of nitrogens with two attached hydrogens (primary N) is 1. The molecule has 0 radical (unpaired) electrons. The van der Waals surface area contributed by atoms with Crippen LogP contribution in [-0.2, 0) is 4.79 Å². The van der Waals surface area contributed by atoms with Crippen molar-refractivity contribution in [1.82, 2.24) is 0 Å². The van der Waals surface area contributed by atoms with Crippen LogP contribution in [0, 0.1) is 22.9 Å². The Morgan fingerprint density at radius 2 is 1.70 bits per heavy atom. The van der Waals surface area contributed by atoms with Gasteiger partial charge in [0.15, 0.2) is 11.6 Å². The smallest absolute Gasteiger partial charge is 0.231 e. The first-order chi connectivity index (χ1) is 8.98. The summed E-state index contributed by atoms with van der Waals surface area (Å²) in [5.41, 5.74) is 4.54. The molecule has 20 heavy (non-hydrogen) atoms. The van der Waals surface area contributed by atoms with Gasteiger partial charge in [-0.3, -0.25) is 4.79 Å². The molecule has 0 aliphatic heterocycles. The topological polar surface area (TPSA) is 55.1 Å². The van der Waals surface area contributed by atoms with E-state index < -0.39 is 28.8 Å². The minimum Gasteiger partial charge on any atom is -0.329 e. The maximum atomic E-state index is 13.5. The molecule has 3 N–H and O–H groups in total. The Kier molecular flexibility index (Phi) is 5.42. The van der Waals surface area contributed by atoms with Gasteiger partial charge in [-0.15, -0.1) is 12.4 Å². The van der Waals surface area contributed by atoms with Crippen molar-refractivity contribution >= 4 is 24.0 Å². The van der Waals surface area contributed by atoms with E-state index in [0.717, 1.165) is 12.8 Å². The SMILES string of the molecule is Cl.NCC1(C(=O)Nc2cc(F)c(F)cc2F)CCCC1. The highest BCUT2D eigenvalue weighted by Gasteiger charge is 2.40. The molecule has 0 heterocycles. The van der Waals surface area contributed by atoms with E-state index in [-0.39, 0.29) is 24.6 Å². The van der Waals surface area contributed by atoms with E-state index in [0.29, 0.717) is 25.0 Å². The summed E-state index contributed by atoms with van der Waals surface area (Å²) in [6.07, 6.45) is 3.01. The third-order valence-corrected chi connectivity index (χ3v) is 3.69. The highest BCUT2D eigenvalue weighted by molar-refractivity contribution is 5.95. The number of rotatable bonds is 3. The number of hydrogen-bond donors (Lipinski definition) is 2. The molecule has 1 aromatic rings. The van der Waals surface area contributed by atoms with Gasteiger partial charge in [0, 0.05) is 18.7 Å². The summed E-state index contributed by atoms with van der Waals surface area (Å²) < 4.78 is 39.3. The molecule has 0 bridgehead atoms. The highest BCUT2D eigenvalue weighted by Crippen LogP contribution is 2.38. The molecule has 0 atom stereocenters. The quantitative estimate of drug-likeness (QED) is 0.843. The lowest BCUT2D eigenvalue weighted by atomic mass is 9.85. The van der Waals surface area contributed by atoms with Crippen LogP contribution in [0.25, 0.3) is 0 Å². The fraction of sp³-hybridized carbons (Fsp3) is 0.462. The average molecular weight is 309 g/mol. The Morgan fingerprint density at radius 1 is 1.15 bits per heavy atom. The fourth-order valence-electron chi connectivity index (χ4n) is 2.45. The lowest BCUT2D eigenvalue weighted by Crippen LogP contribution is -2.40. The molecule has 1 amide bonds. The van der Waals surface area contributed by atoms with Gasteiger partial charge in [0.2, 0.25) is 5.91 Å². The second-order valence-electron chi connectivity index (χ2n) is 4.89. The molecule has 0 unspecified atom stereocenters. The second kappa shape index (κ2) is 6.45. The zero-order chi connectivity index (χ0) is 14.0. The van der Waals surface area contributed by atoms with E-state index in [4.69, 9.17) is 5.73 Å². The summed E-state index contributed by atoms with van der Waals surface area (Å²) in [6.45, 7) is 0.157. The van der Waals surface area contributed by atoms with Gasteiger partial charge in [0.05, 0.1) is 11.1 Å². The van der Waals surface area contributed by atoms with Gasteiger partial charge >= 0.3 is 0 Å². The van der Waals surface area contributed by atoms with E-state index in [9.17, 15) is 18.0 Å². The van der Waals surface area contributed by atoms with Crippen molar-refractivity contribution in [1.29, 1.82) is 0 Å². The Bertz CT molecular complexity index is 505. The van der Waals surface area contributed by atoms with E-state index in [1.165, 1.54) is 0 Å². The lowest BCUT2D eigenvalue weighted by molar-refractivity contribution is -0.124. The standard InChI is InChI=1S/C13H15F3N2O.ClH/c14-8-5-10(16)11(6-9(8)15)18-12(19)13(7-17)3-1-2-4-13;/h5-6H,1-4,7,17H2,(H,18,19);1H. The van der Waals surface area contributed by atoms with Gasteiger partial charge in [-0.2, -0.15) is 0 Å². The molecular weight excluding hydrogens is 293 g/mol. The number of nitrogens with one attached hydrogen (secondary N) is 1. The molecule has 0 spiro atoms. The summed E-state index contributed by atoms with van der Waals surface area (Å²) in [6, 6.07) is 1.05. The van der Waals surface area contributed by atoms with Crippen LogP contribution in [0.2, 0.25) is 0 Å². The largest absolute Gasteiger partial charge is 0.329 e. The summed E-state index contributed by atoms with van der Waals surface area (Å²) in [7, 11) is 0. The molecule has 1 fully saturated rings. The molecule has 1 saturated carbocycles. The normalized spacial score (nSPS) is 16.6. The van der Waals surface area contributed by atoms with Crippen molar-refractivity contribution in [2.45, 2.75) is 25.7 Å². The van der Waals surface area contributed by atoms with Gasteiger partial charge in [0.1, 0.15) is 5.82 Å². The first kappa shape index (κ1) is 16.8. The first-order valence-corrected chi connectivity index (χ1v) is 6.14. The van der Waals surface area contributed by atoms with Gasteiger partial charge < -0.3 is 11.1 Å². The zero-order valence-corrected chi connectivity index (χ0v) is 11.5. The van der Waals surface area contributed by atoms with E-state index in [2.05, 4.69) is 5.32 Å². The van der Waals surface area contributed by atoms with Crippen LogP contribution in [0.4, 0.5) is 18.9 Å². The predicted octanol–water partition coefficient (Wildman–Crippen LogP) is 2.98. The number of amides is 1. The molecule has 112 valence electrons. The van der Waals surface area contributed by atoms with Crippen LogP contribution in [-0.4, -0.2) is 12.5 Å². The lowest BCUT2D eigenvalue weighted by Gasteiger charge is -2.25. The summed E-state index contributed by atoms with van der Waals surface area (Å²) in [5, 5.41) is 2.31. The maximum Gasteiger partial charge on any atom is 0.231 e. The molecular formula is C13H16ClF3N2O.